The number of aromatic nitrogens is 2. The average Bonchev–Trinajstić information content (AvgIpc) is 3.19. The number of hydrogen-bond acceptors (Lipinski definition) is 4. The minimum Gasteiger partial charge on any atom is -0.310 e. The fourth-order valence-electron chi connectivity index (χ4n) is 4.50. The second-order valence-electron chi connectivity index (χ2n) is 8.46. The first-order valence-electron chi connectivity index (χ1n) is 11.2. The van der Waals surface area contributed by atoms with Crippen molar-refractivity contribution >= 4 is 21.6 Å². The van der Waals surface area contributed by atoms with E-state index >= 15 is 0 Å². The van der Waals surface area contributed by atoms with E-state index in [-0.39, 0.29) is 11.4 Å². The molecule has 0 saturated carbocycles. The number of thiophene rings is 1. The van der Waals surface area contributed by atoms with Crippen LogP contribution in [0.2, 0.25) is 0 Å². The third-order valence-electron chi connectivity index (χ3n) is 6.25. The highest BCUT2D eigenvalue weighted by atomic mass is 32.1. The van der Waals surface area contributed by atoms with Crippen molar-refractivity contribution in [3.8, 4) is 0 Å². The first kappa shape index (κ1) is 21.0. The van der Waals surface area contributed by atoms with Crippen molar-refractivity contribution in [2.75, 3.05) is 0 Å². The normalized spacial score (nSPS) is 15.7. The van der Waals surface area contributed by atoms with Crippen LogP contribution < -0.4 is 10.9 Å². The minimum absolute atomic E-state index is 0.0956. The van der Waals surface area contributed by atoms with Crippen LogP contribution in [0.5, 0.6) is 0 Å². The van der Waals surface area contributed by atoms with E-state index in [9.17, 15) is 9.18 Å². The van der Waals surface area contributed by atoms with Gasteiger partial charge in [0.15, 0.2) is 0 Å². The Labute approximate surface area is 190 Å². The van der Waals surface area contributed by atoms with Crippen LogP contribution in [0.15, 0.2) is 65.7 Å². The molecule has 1 atom stereocenters. The zero-order valence-corrected chi connectivity index (χ0v) is 18.7. The Morgan fingerprint density at radius 1 is 1.09 bits per heavy atom. The molecule has 4 nitrogen and oxygen atoms in total. The van der Waals surface area contributed by atoms with Crippen molar-refractivity contribution in [3.63, 3.8) is 0 Å². The molecule has 164 valence electrons. The smallest absolute Gasteiger partial charge is 0.262 e. The summed E-state index contributed by atoms with van der Waals surface area (Å²) >= 11 is 1.66. The maximum atomic E-state index is 13.2. The maximum absolute atomic E-state index is 13.2. The van der Waals surface area contributed by atoms with Crippen LogP contribution in [0.3, 0.4) is 0 Å². The fraction of sp³-hybridized carbons (Fsp3) is 0.308. The van der Waals surface area contributed by atoms with E-state index in [2.05, 4.69) is 34.6 Å². The van der Waals surface area contributed by atoms with E-state index < -0.39 is 0 Å². The third-order valence-corrected chi connectivity index (χ3v) is 7.41. The summed E-state index contributed by atoms with van der Waals surface area (Å²) in [5.74, 6) is -0.209. The van der Waals surface area contributed by atoms with Crippen molar-refractivity contribution in [2.24, 2.45) is 0 Å². The summed E-state index contributed by atoms with van der Waals surface area (Å²) in [6, 6.07) is 17.4. The average molecular weight is 448 g/mol. The number of nitrogens with one attached hydrogen (secondary N) is 1. The monoisotopic (exact) mass is 447 g/mol. The third kappa shape index (κ3) is 4.52. The van der Waals surface area contributed by atoms with Crippen molar-refractivity contribution < 1.29 is 4.39 Å². The van der Waals surface area contributed by atoms with Gasteiger partial charge in [0.1, 0.15) is 10.6 Å². The molecule has 2 aromatic heterocycles. The van der Waals surface area contributed by atoms with Gasteiger partial charge >= 0.3 is 0 Å². The molecular formula is C26H26FN3OS. The Hall–Kier alpha value is -2.83. The van der Waals surface area contributed by atoms with Crippen molar-refractivity contribution in [1.82, 2.24) is 14.9 Å². The summed E-state index contributed by atoms with van der Waals surface area (Å²) in [6.07, 6.45) is 6.36. The lowest BCUT2D eigenvalue weighted by Crippen LogP contribution is -2.33. The molecule has 0 unspecified atom stereocenters. The number of fused-ring (bicyclic) bond motifs is 3. The lowest BCUT2D eigenvalue weighted by Gasteiger charge is -2.23. The van der Waals surface area contributed by atoms with Crippen LogP contribution in [0, 0.1) is 5.82 Å². The van der Waals surface area contributed by atoms with Gasteiger partial charge in [0.2, 0.25) is 0 Å². The number of rotatable bonds is 7. The van der Waals surface area contributed by atoms with Gasteiger partial charge in [-0.3, -0.25) is 9.36 Å². The van der Waals surface area contributed by atoms with Crippen molar-refractivity contribution in [2.45, 2.75) is 51.2 Å². The number of aryl methyl sites for hydroxylation is 3. The highest BCUT2D eigenvalue weighted by Gasteiger charge is 2.25. The molecule has 0 saturated heterocycles. The van der Waals surface area contributed by atoms with E-state index in [0.717, 1.165) is 54.4 Å². The number of halogens is 1. The largest absolute Gasteiger partial charge is 0.310 e. The van der Waals surface area contributed by atoms with Gasteiger partial charge in [0.05, 0.1) is 11.7 Å². The predicted octanol–water partition coefficient (Wildman–Crippen LogP) is 4.88. The molecule has 32 heavy (non-hydrogen) atoms. The molecule has 1 aliphatic rings. The second-order valence-corrected chi connectivity index (χ2v) is 9.55. The van der Waals surface area contributed by atoms with E-state index in [0.29, 0.717) is 12.6 Å². The Morgan fingerprint density at radius 3 is 2.72 bits per heavy atom. The molecule has 5 rings (SSSR count). The predicted molar refractivity (Wildman–Crippen MR) is 128 cm³/mol. The molecule has 0 spiro atoms. The first-order chi connectivity index (χ1) is 15.7. The summed E-state index contributed by atoms with van der Waals surface area (Å²) in [4.78, 5) is 20.0. The van der Waals surface area contributed by atoms with Gasteiger partial charge in [0.25, 0.3) is 5.56 Å². The van der Waals surface area contributed by atoms with Crippen LogP contribution in [-0.2, 0) is 32.4 Å². The van der Waals surface area contributed by atoms with Gasteiger partial charge in [-0.1, -0.05) is 42.5 Å². The molecule has 0 amide bonds. The summed E-state index contributed by atoms with van der Waals surface area (Å²) in [5.41, 5.74) is 3.66. The van der Waals surface area contributed by atoms with Gasteiger partial charge in [0, 0.05) is 24.0 Å². The Morgan fingerprint density at radius 2 is 1.91 bits per heavy atom. The molecule has 4 aromatic rings. The van der Waals surface area contributed by atoms with Gasteiger partial charge in [-0.25, -0.2) is 9.37 Å². The molecule has 0 bridgehead atoms. The molecule has 2 aromatic carbocycles. The highest BCUT2D eigenvalue weighted by molar-refractivity contribution is 7.18. The highest BCUT2D eigenvalue weighted by Crippen LogP contribution is 2.33. The first-order valence-corrected chi connectivity index (χ1v) is 12.0. The topological polar surface area (TPSA) is 46.9 Å². The molecule has 1 N–H and O–H groups in total. The van der Waals surface area contributed by atoms with Crippen molar-refractivity contribution in [1.29, 1.82) is 0 Å². The molecular weight excluding hydrogens is 421 g/mol. The number of nitrogens with zero attached hydrogens (tertiary/aromatic N) is 2. The summed E-state index contributed by atoms with van der Waals surface area (Å²) in [5, 5.41) is 4.42. The molecule has 0 fully saturated rings. The van der Waals surface area contributed by atoms with E-state index in [1.165, 1.54) is 28.1 Å². The minimum atomic E-state index is -0.209. The van der Waals surface area contributed by atoms with Gasteiger partial charge in [-0.05, 0) is 60.9 Å². The van der Waals surface area contributed by atoms with Crippen molar-refractivity contribution in [3.05, 3.63) is 98.7 Å². The van der Waals surface area contributed by atoms with Crippen LogP contribution in [0.25, 0.3) is 10.2 Å². The van der Waals surface area contributed by atoms with Gasteiger partial charge < -0.3 is 5.32 Å². The van der Waals surface area contributed by atoms with E-state index in [1.807, 2.05) is 18.2 Å². The summed E-state index contributed by atoms with van der Waals surface area (Å²) in [7, 11) is 0. The molecule has 2 heterocycles. The van der Waals surface area contributed by atoms with E-state index in [1.54, 1.807) is 22.2 Å². The Kier molecular flexibility index (Phi) is 6.14. The SMILES string of the molecule is O=c1c2c3c(sc2ncn1CCCc1ccccc1)C[C@H](NCc1ccc(F)cc1)CC3. The summed E-state index contributed by atoms with van der Waals surface area (Å²) < 4.78 is 14.9. The Balaban J connectivity index is 1.27. The molecule has 1 aliphatic carbocycles. The zero-order valence-electron chi connectivity index (χ0n) is 17.9. The number of hydrogen-bond donors (Lipinski definition) is 1. The van der Waals surface area contributed by atoms with E-state index in [4.69, 9.17) is 0 Å². The lowest BCUT2D eigenvalue weighted by molar-refractivity contribution is 0.462. The second kappa shape index (κ2) is 9.35. The molecule has 0 radical (unpaired) electrons. The van der Waals surface area contributed by atoms with Crippen LogP contribution in [-0.4, -0.2) is 15.6 Å². The molecule has 0 aliphatic heterocycles. The Bertz CT molecular complexity index is 1260. The zero-order chi connectivity index (χ0) is 21.9. The standard InChI is InChI=1S/C26H26FN3OS/c27-20-10-8-19(9-11-20)16-28-21-12-13-22-23(15-21)32-25-24(22)26(31)30(17-29-25)14-4-7-18-5-2-1-3-6-18/h1-3,5-6,8-11,17,21,28H,4,7,12-16H2/t21-/m1/s1. The number of benzene rings is 2. The van der Waals surface area contributed by atoms with Crippen LogP contribution in [0.4, 0.5) is 4.39 Å². The van der Waals surface area contributed by atoms with Crippen LogP contribution >= 0.6 is 11.3 Å². The van der Waals surface area contributed by atoms with Gasteiger partial charge in [-0.2, -0.15) is 0 Å². The quantitative estimate of drug-likeness (QED) is 0.439. The lowest BCUT2D eigenvalue weighted by atomic mass is 9.93. The fourth-order valence-corrected chi connectivity index (χ4v) is 5.75. The van der Waals surface area contributed by atoms with Crippen LogP contribution in [0.1, 0.15) is 34.4 Å². The maximum Gasteiger partial charge on any atom is 0.262 e. The van der Waals surface area contributed by atoms with Gasteiger partial charge in [-0.15, -0.1) is 11.3 Å². The molecule has 6 heteroatoms. The summed E-state index contributed by atoms with van der Waals surface area (Å²) in [6.45, 7) is 1.40.